The van der Waals surface area contributed by atoms with E-state index < -0.39 is 0 Å². The maximum absolute atomic E-state index is 13.2. The quantitative estimate of drug-likeness (QED) is 0.212. The average molecular weight is 592 g/mol. The van der Waals surface area contributed by atoms with Gasteiger partial charge in [-0.1, -0.05) is 47.5 Å². The maximum Gasteiger partial charge on any atom is 0.281 e. The third-order valence-electron chi connectivity index (χ3n) is 5.28. The third kappa shape index (κ3) is 5.48. The summed E-state index contributed by atoms with van der Waals surface area (Å²) in [5.41, 5.74) is 2.81. The summed E-state index contributed by atoms with van der Waals surface area (Å²) in [4.78, 5) is 16.5. The summed E-state index contributed by atoms with van der Waals surface area (Å²) in [6.45, 7) is 2.62. The van der Waals surface area contributed by atoms with Crippen LogP contribution in [0.3, 0.4) is 0 Å². The van der Waals surface area contributed by atoms with E-state index in [9.17, 15) is 4.79 Å². The summed E-state index contributed by atoms with van der Waals surface area (Å²) in [6.07, 6.45) is 1.79. The molecule has 4 rings (SSSR count). The van der Waals surface area contributed by atoms with Crippen LogP contribution in [-0.2, 0) is 11.4 Å². The van der Waals surface area contributed by atoms with Gasteiger partial charge in [0.2, 0.25) is 0 Å². The predicted molar refractivity (Wildman–Crippen MR) is 148 cm³/mol. The van der Waals surface area contributed by atoms with Crippen molar-refractivity contribution in [1.82, 2.24) is 4.90 Å². The number of nitrogens with zero attached hydrogens (tertiary/aromatic N) is 2. The van der Waals surface area contributed by atoms with Gasteiger partial charge in [-0.2, -0.15) is 0 Å². The van der Waals surface area contributed by atoms with Gasteiger partial charge < -0.3 is 14.4 Å². The van der Waals surface area contributed by atoms with Crippen molar-refractivity contribution in [3.05, 3.63) is 92.0 Å². The van der Waals surface area contributed by atoms with Crippen LogP contribution in [-0.4, -0.2) is 29.6 Å². The number of para-hydroxylation sites is 1. The molecule has 0 N–H and O–H groups in total. The molecule has 1 saturated heterocycles. The molecule has 0 bridgehead atoms. The summed E-state index contributed by atoms with van der Waals surface area (Å²) in [5.74, 6) is 0.898. The van der Waals surface area contributed by atoms with E-state index >= 15 is 0 Å². The van der Waals surface area contributed by atoms with Crippen molar-refractivity contribution in [2.24, 2.45) is 0 Å². The summed E-state index contributed by atoms with van der Waals surface area (Å²) in [5, 5.41) is 1.37. The minimum Gasteiger partial charge on any atom is -0.490 e. The molecule has 0 spiro atoms. The Morgan fingerprint density at radius 1 is 1.03 bits per heavy atom. The van der Waals surface area contributed by atoms with Gasteiger partial charge in [-0.15, -0.1) is 0 Å². The molecule has 0 saturated carbocycles. The number of amides is 1. The van der Waals surface area contributed by atoms with Crippen LogP contribution in [0.1, 0.15) is 18.1 Å². The molecule has 1 aliphatic heterocycles. The Labute approximate surface area is 228 Å². The molecule has 3 aromatic carbocycles. The van der Waals surface area contributed by atoms with Gasteiger partial charge in [-0.3, -0.25) is 9.69 Å². The number of halogens is 3. The highest BCUT2D eigenvalue weighted by Crippen LogP contribution is 2.39. The lowest BCUT2D eigenvalue weighted by Crippen LogP contribution is -2.30. The van der Waals surface area contributed by atoms with E-state index in [4.69, 9.17) is 44.9 Å². The van der Waals surface area contributed by atoms with Gasteiger partial charge in [0.15, 0.2) is 16.6 Å². The zero-order valence-electron chi connectivity index (χ0n) is 18.9. The van der Waals surface area contributed by atoms with Crippen LogP contribution in [0.5, 0.6) is 11.5 Å². The summed E-state index contributed by atoms with van der Waals surface area (Å²) in [6, 6.07) is 18.4. The number of anilines is 1. The van der Waals surface area contributed by atoms with Crippen molar-refractivity contribution in [1.29, 1.82) is 0 Å². The van der Waals surface area contributed by atoms with Crippen molar-refractivity contribution in [2.45, 2.75) is 13.5 Å². The van der Waals surface area contributed by atoms with Gasteiger partial charge in [-0.05, 0) is 88.7 Å². The monoisotopic (exact) mass is 590 g/mol. The van der Waals surface area contributed by atoms with Crippen LogP contribution in [0.4, 0.5) is 5.69 Å². The lowest BCUT2D eigenvalue weighted by Gasteiger charge is -2.16. The zero-order valence-corrected chi connectivity index (χ0v) is 22.8. The Morgan fingerprint density at radius 2 is 1.77 bits per heavy atom. The minimum absolute atomic E-state index is 0.197. The molecule has 35 heavy (non-hydrogen) atoms. The Hall–Kier alpha value is -2.58. The molecular formula is C26H21BrCl2N2O3S. The highest BCUT2D eigenvalue weighted by Gasteiger charge is 2.36. The maximum atomic E-state index is 13.2. The molecule has 9 heteroatoms. The Kier molecular flexibility index (Phi) is 8.02. The van der Waals surface area contributed by atoms with Crippen molar-refractivity contribution < 1.29 is 14.3 Å². The van der Waals surface area contributed by atoms with Gasteiger partial charge in [-0.25, -0.2) is 0 Å². The van der Waals surface area contributed by atoms with Crippen LogP contribution in [0.15, 0.2) is 70.8 Å². The molecule has 3 aromatic rings. The first-order chi connectivity index (χ1) is 16.8. The summed E-state index contributed by atoms with van der Waals surface area (Å²) < 4.78 is 12.6. The predicted octanol–water partition coefficient (Wildman–Crippen LogP) is 7.34. The SMILES string of the molecule is CCOc1cc(/C=C2/C(=O)N(c3ccccc3)C(=S)N2C)cc(Br)c1OCc1ccc(Cl)c(Cl)c1. The summed E-state index contributed by atoms with van der Waals surface area (Å²) in [7, 11) is 1.78. The molecule has 5 nitrogen and oxygen atoms in total. The second-order valence-electron chi connectivity index (χ2n) is 7.65. The molecular weight excluding hydrogens is 571 g/mol. The molecule has 0 aromatic heterocycles. The van der Waals surface area contributed by atoms with Gasteiger partial charge in [0, 0.05) is 7.05 Å². The Balaban J connectivity index is 1.63. The second kappa shape index (κ2) is 11.0. The lowest BCUT2D eigenvalue weighted by molar-refractivity contribution is -0.114. The Bertz CT molecular complexity index is 1320. The number of ether oxygens (including phenoxy) is 2. The molecule has 0 unspecified atom stereocenters. The van der Waals surface area contributed by atoms with Crippen LogP contribution in [0.25, 0.3) is 6.08 Å². The van der Waals surface area contributed by atoms with Crippen molar-refractivity contribution in [3.8, 4) is 11.5 Å². The molecule has 1 heterocycles. The standard InChI is InChI=1S/C26H21BrCl2N2O3S/c1-3-33-23-14-17(11-19(27)24(23)34-15-16-9-10-20(28)21(29)12-16)13-22-25(32)31(26(35)30(22)2)18-7-5-4-6-8-18/h4-14H,3,15H2,1-2H3/b22-13-. The first-order valence-electron chi connectivity index (χ1n) is 10.7. The fourth-order valence-corrected chi connectivity index (χ4v) is 4.76. The van der Waals surface area contributed by atoms with Crippen molar-refractivity contribution >= 4 is 74.1 Å². The van der Waals surface area contributed by atoms with E-state index in [2.05, 4.69) is 15.9 Å². The first-order valence-corrected chi connectivity index (χ1v) is 12.7. The number of hydrogen-bond acceptors (Lipinski definition) is 4. The fourth-order valence-electron chi connectivity index (χ4n) is 3.58. The van der Waals surface area contributed by atoms with E-state index in [1.54, 1.807) is 30.2 Å². The van der Waals surface area contributed by atoms with Crippen molar-refractivity contribution in [2.75, 3.05) is 18.6 Å². The van der Waals surface area contributed by atoms with Gasteiger partial charge in [0.05, 0.1) is 26.8 Å². The van der Waals surface area contributed by atoms with Crippen LogP contribution in [0, 0.1) is 0 Å². The highest BCUT2D eigenvalue weighted by molar-refractivity contribution is 9.10. The van der Waals surface area contributed by atoms with Crippen LogP contribution >= 0.6 is 51.3 Å². The Morgan fingerprint density at radius 3 is 2.46 bits per heavy atom. The number of hydrogen-bond donors (Lipinski definition) is 0. The van der Waals surface area contributed by atoms with E-state index in [1.165, 1.54) is 4.90 Å². The average Bonchev–Trinajstić information content (AvgIpc) is 3.04. The number of thiocarbonyl (C=S) groups is 1. The molecule has 0 aliphatic carbocycles. The number of rotatable bonds is 7. The third-order valence-corrected chi connectivity index (χ3v) is 7.06. The largest absolute Gasteiger partial charge is 0.490 e. The molecule has 180 valence electrons. The number of benzene rings is 3. The number of carbonyl (C=O) groups excluding carboxylic acids is 1. The lowest BCUT2D eigenvalue weighted by atomic mass is 10.1. The highest BCUT2D eigenvalue weighted by atomic mass is 79.9. The molecule has 1 aliphatic rings. The first kappa shape index (κ1) is 25.5. The second-order valence-corrected chi connectivity index (χ2v) is 9.68. The van der Waals surface area contributed by atoms with Crippen LogP contribution < -0.4 is 14.4 Å². The van der Waals surface area contributed by atoms with Crippen LogP contribution in [0.2, 0.25) is 10.0 Å². The molecule has 0 atom stereocenters. The van der Waals surface area contributed by atoms with Gasteiger partial charge in [0.25, 0.3) is 5.91 Å². The molecule has 1 amide bonds. The topological polar surface area (TPSA) is 42.0 Å². The van der Waals surface area contributed by atoms with Gasteiger partial charge >= 0.3 is 0 Å². The molecule has 1 fully saturated rings. The molecule has 0 radical (unpaired) electrons. The summed E-state index contributed by atoms with van der Waals surface area (Å²) >= 11 is 21.3. The van der Waals surface area contributed by atoms with E-state index in [0.29, 0.717) is 43.4 Å². The minimum atomic E-state index is -0.197. The number of likely N-dealkylation sites (N-methyl/N-ethyl adjacent to an activating group) is 1. The normalized spacial score (nSPS) is 14.7. The van der Waals surface area contributed by atoms with E-state index in [-0.39, 0.29) is 12.5 Å². The zero-order chi connectivity index (χ0) is 25.1. The van der Waals surface area contributed by atoms with Gasteiger partial charge in [0.1, 0.15) is 12.3 Å². The van der Waals surface area contributed by atoms with E-state index in [1.807, 2.05) is 55.5 Å². The van der Waals surface area contributed by atoms with Crippen molar-refractivity contribution in [3.63, 3.8) is 0 Å². The smallest absolute Gasteiger partial charge is 0.281 e. The number of carbonyl (C=O) groups is 1. The fraction of sp³-hybridized carbons (Fsp3) is 0.154. The van der Waals surface area contributed by atoms with E-state index in [0.717, 1.165) is 16.8 Å².